The molecule has 0 aromatic carbocycles. The molecule has 1 aromatic heterocycles. The number of carbonyl (C=O) groups is 1. The predicted octanol–water partition coefficient (Wildman–Crippen LogP) is 3.31. The maximum atomic E-state index is 11.8. The van der Waals surface area contributed by atoms with Crippen LogP contribution in [-0.2, 0) is 11.3 Å². The highest BCUT2D eigenvalue weighted by molar-refractivity contribution is 5.67. The van der Waals surface area contributed by atoms with Gasteiger partial charge < -0.3 is 19.8 Å². The molecular formula is C16H28N2O3. The van der Waals surface area contributed by atoms with Crippen LogP contribution in [0.3, 0.4) is 0 Å². The van der Waals surface area contributed by atoms with Gasteiger partial charge >= 0.3 is 6.09 Å². The van der Waals surface area contributed by atoms with Crippen molar-refractivity contribution in [2.24, 2.45) is 5.92 Å². The molecule has 1 rings (SSSR count). The molecule has 0 aliphatic carbocycles. The summed E-state index contributed by atoms with van der Waals surface area (Å²) in [6.07, 6.45) is 2.98. The molecule has 0 aliphatic rings. The van der Waals surface area contributed by atoms with Crippen molar-refractivity contribution >= 4 is 6.09 Å². The minimum Gasteiger partial charge on any atom is -0.472 e. The first-order valence-electron chi connectivity index (χ1n) is 7.35. The van der Waals surface area contributed by atoms with Gasteiger partial charge in [0, 0.05) is 24.2 Å². The standard InChI is InChI=1S/C16H28N2O3/c1-12(2)16(6,18-9-13-7-8-20-10-13)11-17-14(19)21-15(3,4)5/h7-8,10,12,18H,9,11H2,1-6H3,(H,17,19). The van der Waals surface area contributed by atoms with E-state index in [1.807, 2.05) is 26.8 Å². The van der Waals surface area contributed by atoms with E-state index in [0.29, 0.717) is 19.0 Å². The van der Waals surface area contributed by atoms with Crippen molar-refractivity contribution in [3.05, 3.63) is 24.2 Å². The topological polar surface area (TPSA) is 63.5 Å². The molecule has 1 unspecified atom stereocenters. The lowest BCUT2D eigenvalue weighted by molar-refractivity contribution is 0.0503. The zero-order chi connectivity index (χ0) is 16.1. The highest BCUT2D eigenvalue weighted by Crippen LogP contribution is 2.17. The summed E-state index contributed by atoms with van der Waals surface area (Å²) in [4.78, 5) is 11.8. The summed E-state index contributed by atoms with van der Waals surface area (Å²) >= 11 is 0. The van der Waals surface area contributed by atoms with Crippen LogP contribution in [0, 0.1) is 5.92 Å². The highest BCUT2D eigenvalue weighted by atomic mass is 16.6. The normalized spacial score (nSPS) is 14.8. The zero-order valence-electron chi connectivity index (χ0n) is 13.9. The molecule has 0 saturated heterocycles. The van der Waals surface area contributed by atoms with Crippen molar-refractivity contribution in [1.29, 1.82) is 0 Å². The highest BCUT2D eigenvalue weighted by Gasteiger charge is 2.29. The van der Waals surface area contributed by atoms with E-state index in [0.717, 1.165) is 5.56 Å². The van der Waals surface area contributed by atoms with Gasteiger partial charge in [0.2, 0.25) is 0 Å². The minimum atomic E-state index is -0.484. The van der Waals surface area contributed by atoms with Crippen LogP contribution in [0.25, 0.3) is 0 Å². The molecule has 1 atom stereocenters. The number of amides is 1. The van der Waals surface area contributed by atoms with Crippen LogP contribution in [0.2, 0.25) is 0 Å². The Hall–Kier alpha value is -1.49. The van der Waals surface area contributed by atoms with E-state index in [2.05, 4.69) is 31.4 Å². The fourth-order valence-electron chi connectivity index (χ4n) is 1.74. The van der Waals surface area contributed by atoms with Crippen molar-refractivity contribution in [3.8, 4) is 0 Å². The predicted molar refractivity (Wildman–Crippen MR) is 83.0 cm³/mol. The van der Waals surface area contributed by atoms with Gasteiger partial charge in [-0.1, -0.05) is 13.8 Å². The first-order chi connectivity index (χ1) is 9.62. The molecule has 0 saturated carbocycles. The third kappa shape index (κ3) is 6.21. The van der Waals surface area contributed by atoms with E-state index in [-0.39, 0.29) is 11.6 Å². The van der Waals surface area contributed by atoms with Gasteiger partial charge in [0.15, 0.2) is 0 Å². The summed E-state index contributed by atoms with van der Waals surface area (Å²) in [5, 5.41) is 6.33. The number of furan rings is 1. The summed E-state index contributed by atoms with van der Waals surface area (Å²) in [5.41, 5.74) is 0.371. The van der Waals surface area contributed by atoms with Crippen LogP contribution < -0.4 is 10.6 Å². The second kappa shape index (κ2) is 6.98. The Morgan fingerprint density at radius 1 is 1.33 bits per heavy atom. The fourth-order valence-corrected chi connectivity index (χ4v) is 1.74. The van der Waals surface area contributed by atoms with Crippen LogP contribution >= 0.6 is 0 Å². The van der Waals surface area contributed by atoms with Gasteiger partial charge in [-0.3, -0.25) is 0 Å². The molecule has 0 aliphatic heterocycles. The van der Waals surface area contributed by atoms with Gasteiger partial charge in [-0.15, -0.1) is 0 Å². The Morgan fingerprint density at radius 3 is 2.48 bits per heavy atom. The molecule has 0 fully saturated rings. The van der Waals surface area contributed by atoms with Crippen LogP contribution in [0.5, 0.6) is 0 Å². The monoisotopic (exact) mass is 296 g/mol. The molecule has 1 heterocycles. The first kappa shape index (κ1) is 17.6. The molecule has 5 heteroatoms. The SMILES string of the molecule is CC(C)C(C)(CNC(=O)OC(C)(C)C)NCc1ccoc1. The van der Waals surface area contributed by atoms with E-state index < -0.39 is 5.60 Å². The Balaban J connectivity index is 2.53. The Morgan fingerprint density at radius 2 is 2.00 bits per heavy atom. The second-order valence-corrected chi connectivity index (χ2v) is 6.91. The van der Waals surface area contributed by atoms with Gasteiger partial charge in [-0.2, -0.15) is 0 Å². The summed E-state index contributed by atoms with van der Waals surface area (Å²) in [6, 6.07) is 1.93. The van der Waals surface area contributed by atoms with Crippen LogP contribution in [0.4, 0.5) is 4.79 Å². The van der Waals surface area contributed by atoms with E-state index in [9.17, 15) is 4.79 Å². The van der Waals surface area contributed by atoms with Crippen molar-refractivity contribution < 1.29 is 13.9 Å². The minimum absolute atomic E-state index is 0.228. The number of hydrogen-bond donors (Lipinski definition) is 2. The number of alkyl carbamates (subject to hydrolysis) is 1. The van der Waals surface area contributed by atoms with Crippen molar-refractivity contribution in [2.75, 3.05) is 6.54 Å². The van der Waals surface area contributed by atoms with Gasteiger partial charge in [0.05, 0.1) is 12.5 Å². The zero-order valence-corrected chi connectivity index (χ0v) is 13.9. The third-order valence-corrected chi connectivity index (χ3v) is 3.55. The third-order valence-electron chi connectivity index (χ3n) is 3.55. The van der Waals surface area contributed by atoms with Gasteiger partial charge in [-0.25, -0.2) is 4.79 Å². The van der Waals surface area contributed by atoms with Crippen molar-refractivity contribution in [1.82, 2.24) is 10.6 Å². The molecule has 21 heavy (non-hydrogen) atoms. The van der Waals surface area contributed by atoms with Gasteiger partial charge in [-0.05, 0) is 39.7 Å². The Labute approximate surface area is 127 Å². The number of nitrogens with one attached hydrogen (secondary N) is 2. The lowest BCUT2D eigenvalue weighted by Gasteiger charge is -2.35. The number of rotatable bonds is 6. The quantitative estimate of drug-likeness (QED) is 0.845. The molecule has 0 spiro atoms. The van der Waals surface area contributed by atoms with Crippen LogP contribution in [0.1, 0.15) is 47.1 Å². The molecule has 1 amide bonds. The van der Waals surface area contributed by atoms with Crippen LogP contribution in [0.15, 0.2) is 23.0 Å². The molecule has 1 aromatic rings. The molecule has 0 bridgehead atoms. The van der Waals surface area contributed by atoms with E-state index in [4.69, 9.17) is 9.15 Å². The number of carbonyl (C=O) groups excluding carboxylic acids is 1. The van der Waals surface area contributed by atoms with Crippen molar-refractivity contribution in [3.63, 3.8) is 0 Å². The summed E-state index contributed by atoms with van der Waals surface area (Å²) < 4.78 is 10.3. The summed E-state index contributed by atoms with van der Waals surface area (Å²) in [5.74, 6) is 0.347. The van der Waals surface area contributed by atoms with Crippen LogP contribution in [-0.4, -0.2) is 23.8 Å². The molecular weight excluding hydrogens is 268 g/mol. The lowest BCUT2D eigenvalue weighted by Crippen LogP contribution is -2.55. The van der Waals surface area contributed by atoms with Gasteiger partial charge in [0.1, 0.15) is 5.60 Å². The van der Waals surface area contributed by atoms with E-state index in [1.54, 1.807) is 12.5 Å². The summed E-state index contributed by atoms with van der Waals surface area (Å²) in [7, 11) is 0. The lowest BCUT2D eigenvalue weighted by atomic mass is 9.88. The fraction of sp³-hybridized carbons (Fsp3) is 0.688. The van der Waals surface area contributed by atoms with E-state index >= 15 is 0 Å². The number of hydrogen-bond acceptors (Lipinski definition) is 4. The smallest absolute Gasteiger partial charge is 0.407 e. The Bertz CT molecular complexity index is 435. The first-order valence-corrected chi connectivity index (χ1v) is 7.35. The maximum absolute atomic E-state index is 11.8. The van der Waals surface area contributed by atoms with Crippen molar-refractivity contribution in [2.45, 2.75) is 59.2 Å². The Kier molecular flexibility index (Phi) is 5.84. The largest absolute Gasteiger partial charge is 0.472 e. The molecule has 0 radical (unpaired) electrons. The number of ether oxygens (including phenoxy) is 1. The van der Waals surface area contributed by atoms with Gasteiger partial charge in [0.25, 0.3) is 0 Å². The maximum Gasteiger partial charge on any atom is 0.407 e. The molecule has 2 N–H and O–H groups in total. The summed E-state index contributed by atoms with van der Waals surface area (Å²) in [6.45, 7) is 13.1. The van der Waals surface area contributed by atoms with E-state index in [1.165, 1.54) is 0 Å². The second-order valence-electron chi connectivity index (χ2n) is 6.91. The molecule has 120 valence electrons. The average Bonchev–Trinajstić information content (AvgIpc) is 2.84. The molecule has 5 nitrogen and oxygen atoms in total. The average molecular weight is 296 g/mol.